The molecule has 15 heteroatoms. The lowest BCUT2D eigenvalue weighted by Gasteiger charge is -2.25. The van der Waals surface area contributed by atoms with Crippen LogP contribution < -0.4 is 20.3 Å². The number of hydrogen-bond donors (Lipinski definition) is 2. The fourth-order valence-electron chi connectivity index (χ4n) is 4.68. The highest BCUT2D eigenvalue weighted by molar-refractivity contribution is 6.30. The topological polar surface area (TPSA) is 136 Å². The zero-order valence-electron chi connectivity index (χ0n) is 25.8. The van der Waals surface area contributed by atoms with Gasteiger partial charge in [0.15, 0.2) is 6.04 Å². The summed E-state index contributed by atoms with van der Waals surface area (Å²) in [7, 11) is 2.71. The van der Waals surface area contributed by atoms with E-state index in [1.165, 1.54) is 31.3 Å². The standard InChI is InChI=1S/C33H30ClF3N4O7/c1-19(8-15-29(43)47-3)38-28(42)17-41-27-7-5-4-6-23(27)30(20-9-12-22(46-2)13-10-20)39-26(31(41)44)18-48-32(45)40-25-14-11-21(34)16-24(25)33(35,36)37/h4-16,19,26H,17-18H2,1-3H3,(H,38,42)(H,40,45)/b15-8+/t19-,26+/m0/s1. The Morgan fingerprint density at radius 3 is 2.44 bits per heavy atom. The van der Waals surface area contributed by atoms with Gasteiger partial charge in [0.25, 0.3) is 5.91 Å². The van der Waals surface area contributed by atoms with Crippen LogP contribution in [0.25, 0.3) is 0 Å². The number of esters is 1. The molecule has 0 saturated carbocycles. The van der Waals surface area contributed by atoms with Crippen LogP contribution in [0.5, 0.6) is 5.75 Å². The largest absolute Gasteiger partial charge is 0.497 e. The van der Waals surface area contributed by atoms with Crippen LogP contribution in [-0.2, 0) is 30.0 Å². The van der Waals surface area contributed by atoms with Gasteiger partial charge < -0.3 is 24.4 Å². The van der Waals surface area contributed by atoms with E-state index >= 15 is 0 Å². The summed E-state index contributed by atoms with van der Waals surface area (Å²) in [6.45, 7) is 0.435. The minimum absolute atomic E-state index is 0.191. The number of halogens is 4. The number of methoxy groups -OCH3 is 2. The third-order valence-electron chi connectivity index (χ3n) is 6.96. The number of carbonyl (C=O) groups excluding carboxylic acids is 4. The van der Waals surface area contributed by atoms with Crippen molar-refractivity contribution in [1.82, 2.24) is 5.32 Å². The van der Waals surface area contributed by atoms with Gasteiger partial charge in [-0.05, 0) is 55.5 Å². The third-order valence-corrected chi connectivity index (χ3v) is 7.19. The number of para-hydroxylation sites is 1. The third kappa shape index (κ3) is 8.91. The van der Waals surface area contributed by atoms with Crippen molar-refractivity contribution in [3.63, 3.8) is 0 Å². The van der Waals surface area contributed by atoms with Crippen LogP contribution in [-0.4, -0.2) is 69.0 Å². The molecule has 3 amide bonds. The maximum Gasteiger partial charge on any atom is 0.418 e. The average molecular weight is 687 g/mol. The van der Waals surface area contributed by atoms with Gasteiger partial charge in [0.05, 0.1) is 36.9 Å². The number of hydrogen-bond acceptors (Lipinski definition) is 8. The summed E-state index contributed by atoms with van der Waals surface area (Å²) in [4.78, 5) is 57.2. The first-order valence-electron chi connectivity index (χ1n) is 14.3. The second-order valence-corrected chi connectivity index (χ2v) is 10.7. The average Bonchev–Trinajstić information content (AvgIpc) is 3.17. The quantitative estimate of drug-likeness (QED) is 0.215. The van der Waals surface area contributed by atoms with Crippen LogP contribution in [0.4, 0.5) is 29.3 Å². The Hall–Kier alpha value is -5.37. The fourth-order valence-corrected chi connectivity index (χ4v) is 4.85. The van der Waals surface area contributed by atoms with Gasteiger partial charge >= 0.3 is 18.2 Å². The maximum atomic E-state index is 14.0. The monoisotopic (exact) mass is 686 g/mol. The molecule has 3 aromatic carbocycles. The fraction of sp³-hybridized carbons (Fsp3) is 0.242. The van der Waals surface area contributed by atoms with Gasteiger partial charge in [-0.3, -0.25) is 19.9 Å². The number of fused-ring (bicyclic) bond motifs is 1. The molecule has 0 saturated heterocycles. The van der Waals surface area contributed by atoms with Crippen molar-refractivity contribution in [1.29, 1.82) is 0 Å². The molecule has 48 heavy (non-hydrogen) atoms. The Kier molecular flexibility index (Phi) is 11.4. The maximum absolute atomic E-state index is 14.0. The predicted molar refractivity (Wildman–Crippen MR) is 171 cm³/mol. The molecular formula is C33H30ClF3N4O7. The first-order valence-corrected chi connectivity index (χ1v) is 14.7. The molecule has 0 spiro atoms. The Morgan fingerprint density at radius 1 is 1.06 bits per heavy atom. The van der Waals surface area contributed by atoms with E-state index in [0.29, 0.717) is 34.3 Å². The Labute approximate surface area is 278 Å². The number of anilines is 2. The summed E-state index contributed by atoms with van der Waals surface area (Å²) in [6.07, 6.45) is -3.56. The summed E-state index contributed by atoms with van der Waals surface area (Å²) in [6, 6.07) is 14.3. The van der Waals surface area contributed by atoms with Gasteiger partial charge in [-0.15, -0.1) is 0 Å². The van der Waals surface area contributed by atoms with Crippen molar-refractivity contribution in [2.45, 2.75) is 25.2 Å². The van der Waals surface area contributed by atoms with Crippen LogP contribution in [0.2, 0.25) is 5.02 Å². The number of aliphatic imine (C=N–C) groups is 1. The molecule has 0 fully saturated rings. The number of benzene rings is 3. The molecule has 2 N–H and O–H groups in total. The van der Waals surface area contributed by atoms with E-state index < -0.39 is 66.5 Å². The normalized spacial score (nSPS) is 15.1. The van der Waals surface area contributed by atoms with Crippen molar-refractivity contribution < 1.29 is 46.6 Å². The van der Waals surface area contributed by atoms with Crippen LogP contribution in [0, 0.1) is 0 Å². The number of carbonyl (C=O) groups is 4. The van der Waals surface area contributed by atoms with Crippen molar-refractivity contribution >= 4 is 52.6 Å². The highest BCUT2D eigenvalue weighted by Gasteiger charge is 2.36. The Morgan fingerprint density at radius 2 is 1.77 bits per heavy atom. The first-order chi connectivity index (χ1) is 22.8. The number of alkyl halides is 3. The van der Waals surface area contributed by atoms with Crippen LogP contribution in [0.15, 0.2) is 83.9 Å². The number of nitrogens with one attached hydrogen (secondary N) is 2. The summed E-state index contributed by atoms with van der Waals surface area (Å²) in [5, 5.41) is 4.53. The molecule has 0 aromatic heterocycles. The highest BCUT2D eigenvalue weighted by atomic mass is 35.5. The SMILES string of the molecule is COC(=O)/C=C/[C@H](C)NC(=O)CN1C(=O)[C@@H](COC(=O)Nc2ccc(Cl)cc2C(F)(F)F)N=C(c2ccc(OC)cc2)c2ccccc21. The van der Waals surface area contributed by atoms with E-state index in [2.05, 4.69) is 15.0 Å². The molecule has 1 aliphatic rings. The smallest absolute Gasteiger partial charge is 0.418 e. The summed E-state index contributed by atoms with van der Waals surface area (Å²) in [5.41, 5.74) is -0.106. The number of benzodiazepines with no additional fused rings is 1. The van der Waals surface area contributed by atoms with Gasteiger partial charge in [-0.2, -0.15) is 13.2 Å². The molecule has 0 bridgehead atoms. The van der Waals surface area contributed by atoms with Gasteiger partial charge in [0, 0.05) is 28.3 Å². The van der Waals surface area contributed by atoms with E-state index in [0.717, 1.165) is 12.1 Å². The molecule has 252 valence electrons. The van der Waals surface area contributed by atoms with E-state index in [1.807, 2.05) is 5.32 Å². The van der Waals surface area contributed by atoms with Gasteiger partial charge in [-0.25, -0.2) is 9.59 Å². The lowest BCUT2D eigenvalue weighted by atomic mass is 10.00. The van der Waals surface area contributed by atoms with Crippen LogP contribution in [0.1, 0.15) is 23.6 Å². The second kappa shape index (κ2) is 15.5. The number of amides is 3. The highest BCUT2D eigenvalue weighted by Crippen LogP contribution is 2.36. The van der Waals surface area contributed by atoms with E-state index in [-0.39, 0.29) is 5.02 Å². The molecule has 1 heterocycles. The van der Waals surface area contributed by atoms with Crippen molar-refractivity contribution in [2.75, 3.05) is 37.6 Å². The minimum Gasteiger partial charge on any atom is -0.497 e. The van der Waals surface area contributed by atoms with Gasteiger partial charge in [0.2, 0.25) is 5.91 Å². The summed E-state index contributed by atoms with van der Waals surface area (Å²) < 4.78 is 55.8. The Bertz CT molecular complexity index is 1750. The zero-order chi connectivity index (χ0) is 35.0. The first kappa shape index (κ1) is 35.5. The van der Waals surface area contributed by atoms with E-state index in [4.69, 9.17) is 21.1 Å². The molecule has 0 aliphatic carbocycles. The number of rotatable bonds is 10. The molecule has 2 atom stereocenters. The molecular weight excluding hydrogens is 657 g/mol. The molecule has 0 unspecified atom stereocenters. The lowest BCUT2D eigenvalue weighted by Crippen LogP contribution is -2.47. The molecule has 4 rings (SSSR count). The molecule has 0 radical (unpaired) electrons. The van der Waals surface area contributed by atoms with E-state index in [1.54, 1.807) is 55.5 Å². The van der Waals surface area contributed by atoms with Crippen LogP contribution >= 0.6 is 11.6 Å². The molecule has 3 aromatic rings. The van der Waals surface area contributed by atoms with Crippen molar-refractivity contribution in [2.24, 2.45) is 4.99 Å². The van der Waals surface area contributed by atoms with Crippen molar-refractivity contribution in [3.8, 4) is 5.75 Å². The summed E-state index contributed by atoms with van der Waals surface area (Å²) in [5.74, 6) is -1.38. The summed E-state index contributed by atoms with van der Waals surface area (Å²) >= 11 is 5.73. The second-order valence-electron chi connectivity index (χ2n) is 10.3. The predicted octanol–water partition coefficient (Wildman–Crippen LogP) is 5.40. The Balaban J connectivity index is 1.65. The zero-order valence-corrected chi connectivity index (χ0v) is 26.6. The van der Waals surface area contributed by atoms with Gasteiger partial charge in [0.1, 0.15) is 18.9 Å². The van der Waals surface area contributed by atoms with E-state index in [9.17, 15) is 32.3 Å². The molecule has 11 nitrogen and oxygen atoms in total. The minimum atomic E-state index is -4.83. The van der Waals surface area contributed by atoms with Crippen LogP contribution in [0.3, 0.4) is 0 Å². The van der Waals surface area contributed by atoms with Gasteiger partial charge in [-0.1, -0.05) is 35.9 Å². The van der Waals surface area contributed by atoms with Crippen molar-refractivity contribution in [3.05, 3.63) is 101 Å². The number of nitrogens with zero attached hydrogens (tertiary/aromatic N) is 2. The number of ether oxygens (including phenoxy) is 3. The molecule has 1 aliphatic heterocycles. The lowest BCUT2D eigenvalue weighted by molar-refractivity contribution is -0.137.